The third kappa shape index (κ3) is 3.60. The van der Waals surface area contributed by atoms with Crippen molar-refractivity contribution in [3.63, 3.8) is 0 Å². The van der Waals surface area contributed by atoms with Crippen LogP contribution in [-0.2, 0) is 6.42 Å². The monoisotopic (exact) mass is 344 g/mol. The molecule has 0 saturated carbocycles. The molecule has 122 valence electrons. The molecule has 0 aliphatic heterocycles. The van der Waals surface area contributed by atoms with Gasteiger partial charge in [0.25, 0.3) is 5.88 Å². The molecule has 2 N–H and O–H groups in total. The predicted octanol–water partition coefficient (Wildman–Crippen LogP) is 3.94. The summed E-state index contributed by atoms with van der Waals surface area (Å²) in [5, 5.41) is 0.208. The summed E-state index contributed by atoms with van der Waals surface area (Å²) in [6, 6.07) is 4.79. The van der Waals surface area contributed by atoms with Gasteiger partial charge in [-0.3, -0.25) is 4.98 Å². The lowest BCUT2D eigenvalue weighted by atomic mass is 10.0. The van der Waals surface area contributed by atoms with Gasteiger partial charge in [0.05, 0.1) is 11.2 Å². The minimum absolute atomic E-state index is 0.143. The Kier molecular flexibility index (Phi) is 4.57. The van der Waals surface area contributed by atoms with E-state index in [0.717, 1.165) is 22.8 Å². The SMILES string of the molecule is Cc1c(Cc2ccc(N)nc2)cncc1Oc1ncc(Cl)cc1F. The smallest absolute Gasteiger partial charge is 0.256 e. The minimum Gasteiger partial charge on any atom is -0.435 e. The molecule has 3 rings (SSSR count). The molecule has 0 fully saturated rings. The van der Waals surface area contributed by atoms with Gasteiger partial charge in [0.15, 0.2) is 11.6 Å². The summed E-state index contributed by atoms with van der Waals surface area (Å²) >= 11 is 5.69. The molecule has 5 nitrogen and oxygen atoms in total. The van der Waals surface area contributed by atoms with E-state index < -0.39 is 5.82 Å². The second-order valence-electron chi connectivity index (χ2n) is 5.23. The first-order chi connectivity index (χ1) is 11.5. The van der Waals surface area contributed by atoms with Gasteiger partial charge >= 0.3 is 0 Å². The number of halogens is 2. The number of pyridine rings is 3. The Morgan fingerprint density at radius 2 is 2.00 bits per heavy atom. The lowest BCUT2D eigenvalue weighted by molar-refractivity contribution is 0.418. The first-order valence-electron chi connectivity index (χ1n) is 7.15. The van der Waals surface area contributed by atoms with E-state index in [-0.39, 0.29) is 10.9 Å². The lowest BCUT2D eigenvalue weighted by Gasteiger charge is -2.12. The van der Waals surface area contributed by atoms with Crippen molar-refractivity contribution in [3.05, 3.63) is 70.5 Å². The fraction of sp³-hybridized carbons (Fsp3) is 0.118. The summed E-state index contributed by atoms with van der Waals surface area (Å²) in [5.74, 6) is 0.130. The summed E-state index contributed by atoms with van der Waals surface area (Å²) in [5.41, 5.74) is 8.36. The van der Waals surface area contributed by atoms with Crippen molar-refractivity contribution in [1.82, 2.24) is 15.0 Å². The third-order valence-electron chi connectivity index (χ3n) is 3.50. The van der Waals surface area contributed by atoms with E-state index in [1.807, 2.05) is 13.0 Å². The van der Waals surface area contributed by atoms with Crippen LogP contribution in [0.4, 0.5) is 10.2 Å². The molecule has 0 spiro atoms. The Morgan fingerprint density at radius 1 is 1.17 bits per heavy atom. The number of rotatable bonds is 4. The van der Waals surface area contributed by atoms with Crippen molar-refractivity contribution >= 4 is 17.4 Å². The molecule has 0 radical (unpaired) electrons. The number of aromatic nitrogens is 3. The topological polar surface area (TPSA) is 73.9 Å². The van der Waals surface area contributed by atoms with Gasteiger partial charge in [0, 0.05) is 25.0 Å². The van der Waals surface area contributed by atoms with Gasteiger partial charge < -0.3 is 10.5 Å². The van der Waals surface area contributed by atoms with Gasteiger partial charge in [0.1, 0.15) is 5.82 Å². The highest BCUT2D eigenvalue weighted by atomic mass is 35.5. The Labute approximate surface area is 143 Å². The van der Waals surface area contributed by atoms with Crippen LogP contribution in [0.1, 0.15) is 16.7 Å². The highest BCUT2D eigenvalue weighted by Gasteiger charge is 2.12. The zero-order chi connectivity index (χ0) is 17.1. The number of nitrogens with zero attached hydrogens (tertiary/aromatic N) is 3. The van der Waals surface area contributed by atoms with Crippen LogP contribution in [0.3, 0.4) is 0 Å². The van der Waals surface area contributed by atoms with Gasteiger partial charge in [-0.15, -0.1) is 0 Å². The van der Waals surface area contributed by atoms with E-state index in [1.165, 1.54) is 12.4 Å². The maximum Gasteiger partial charge on any atom is 0.256 e. The average Bonchev–Trinajstić information content (AvgIpc) is 2.55. The number of hydrogen-bond acceptors (Lipinski definition) is 5. The second-order valence-corrected chi connectivity index (χ2v) is 5.67. The van der Waals surface area contributed by atoms with Crippen molar-refractivity contribution in [2.75, 3.05) is 5.73 Å². The molecule has 0 aliphatic carbocycles. The van der Waals surface area contributed by atoms with E-state index >= 15 is 0 Å². The largest absolute Gasteiger partial charge is 0.435 e. The normalized spacial score (nSPS) is 10.6. The number of ether oxygens (including phenoxy) is 1. The molecule has 3 aromatic rings. The van der Waals surface area contributed by atoms with Crippen LogP contribution in [0, 0.1) is 12.7 Å². The van der Waals surface area contributed by atoms with Gasteiger partial charge in [-0.05, 0) is 35.7 Å². The molecule has 0 aliphatic rings. The van der Waals surface area contributed by atoms with E-state index in [9.17, 15) is 4.39 Å². The standard InChI is InChI=1S/C17H14ClFN4O/c1-10-12(4-11-2-3-16(20)22-6-11)7-21-9-15(10)24-17-14(19)5-13(18)8-23-17/h2-3,5-9H,4H2,1H3,(H2,20,22). The van der Waals surface area contributed by atoms with E-state index in [2.05, 4.69) is 15.0 Å². The van der Waals surface area contributed by atoms with E-state index in [4.69, 9.17) is 22.1 Å². The minimum atomic E-state index is -0.630. The summed E-state index contributed by atoms with van der Waals surface area (Å²) in [6.45, 7) is 1.88. The number of nitrogens with two attached hydrogens (primary N) is 1. The van der Waals surface area contributed by atoms with Crippen molar-refractivity contribution in [2.24, 2.45) is 0 Å². The predicted molar refractivity (Wildman–Crippen MR) is 89.7 cm³/mol. The third-order valence-corrected chi connectivity index (χ3v) is 3.70. The van der Waals surface area contributed by atoms with Gasteiger partial charge in [-0.25, -0.2) is 14.4 Å². The highest BCUT2D eigenvalue weighted by Crippen LogP contribution is 2.28. The van der Waals surface area contributed by atoms with Crippen LogP contribution in [0.2, 0.25) is 5.02 Å². The fourth-order valence-corrected chi connectivity index (χ4v) is 2.31. The van der Waals surface area contributed by atoms with Crippen LogP contribution in [0.5, 0.6) is 11.6 Å². The molecule has 7 heteroatoms. The van der Waals surface area contributed by atoms with Crippen LogP contribution in [0.25, 0.3) is 0 Å². The van der Waals surface area contributed by atoms with Gasteiger partial charge in [0.2, 0.25) is 0 Å². The second kappa shape index (κ2) is 6.80. The first-order valence-corrected chi connectivity index (χ1v) is 7.53. The fourth-order valence-electron chi connectivity index (χ4n) is 2.17. The van der Waals surface area contributed by atoms with Crippen molar-refractivity contribution in [2.45, 2.75) is 13.3 Å². The summed E-state index contributed by atoms with van der Waals surface area (Å²) in [7, 11) is 0. The molecule has 3 heterocycles. The Balaban J connectivity index is 1.86. The molecule has 0 bridgehead atoms. The molecule has 3 aromatic heterocycles. The van der Waals surface area contributed by atoms with Crippen LogP contribution in [-0.4, -0.2) is 15.0 Å². The van der Waals surface area contributed by atoms with Gasteiger partial charge in [-0.1, -0.05) is 17.7 Å². The Morgan fingerprint density at radius 3 is 2.71 bits per heavy atom. The molecular weight excluding hydrogens is 331 g/mol. The molecule has 0 saturated heterocycles. The van der Waals surface area contributed by atoms with Crippen molar-refractivity contribution in [3.8, 4) is 11.6 Å². The van der Waals surface area contributed by atoms with E-state index in [0.29, 0.717) is 18.0 Å². The van der Waals surface area contributed by atoms with Crippen molar-refractivity contribution in [1.29, 1.82) is 0 Å². The summed E-state index contributed by atoms with van der Waals surface area (Å²) in [4.78, 5) is 12.1. The summed E-state index contributed by atoms with van der Waals surface area (Å²) in [6.07, 6.45) is 6.91. The first kappa shape index (κ1) is 16.1. The molecule has 24 heavy (non-hydrogen) atoms. The quantitative estimate of drug-likeness (QED) is 0.776. The molecular formula is C17H14ClFN4O. The molecule has 0 unspecified atom stereocenters. The number of nitrogen functional groups attached to an aromatic ring is 1. The molecule has 0 amide bonds. The molecule has 0 aromatic carbocycles. The summed E-state index contributed by atoms with van der Waals surface area (Å²) < 4.78 is 19.4. The van der Waals surface area contributed by atoms with Crippen LogP contribution < -0.4 is 10.5 Å². The Bertz CT molecular complexity index is 871. The van der Waals surface area contributed by atoms with Crippen molar-refractivity contribution < 1.29 is 9.13 Å². The average molecular weight is 345 g/mol. The maximum absolute atomic E-state index is 13.8. The zero-order valence-electron chi connectivity index (χ0n) is 12.8. The van der Waals surface area contributed by atoms with E-state index in [1.54, 1.807) is 18.5 Å². The molecule has 0 atom stereocenters. The highest BCUT2D eigenvalue weighted by molar-refractivity contribution is 6.30. The maximum atomic E-state index is 13.8. The number of anilines is 1. The Hall–Kier alpha value is -2.73. The van der Waals surface area contributed by atoms with Crippen LogP contribution in [0.15, 0.2) is 43.0 Å². The number of hydrogen-bond donors (Lipinski definition) is 1. The zero-order valence-corrected chi connectivity index (χ0v) is 13.6. The van der Waals surface area contributed by atoms with Gasteiger partial charge in [-0.2, -0.15) is 0 Å². The lowest BCUT2D eigenvalue weighted by Crippen LogP contribution is -1.99. The van der Waals surface area contributed by atoms with Crippen LogP contribution >= 0.6 is 11.6 Å².